The summed E-state index contributed by atoms with van der Waals surface area (Å²) in [6, 6.07) is 5.82. The fraction of sp³-hybridized carbons (Fsp3) is 0.364. The van der Waals surface area contributed by atoms with E-state index in [0.717, 1.165) is 16.1 Å². The standard InChI is InChI=1S/C11H13ClO2/c1-8-5-10(7-11(12)6-8)3-4-14-9(2)13/h5-7H,3-4H2,1-2H3. The maximum Gasteiger partial charge on any atom is 0.302 e. The van der Waals surface area contributed by atoms with Crippen LogP contribution in [-0.4, -0.2) is 12.6 Å². The second-order valence-corrected chi connectivity index (χ2v) is 3.66. The SMILES string of the molecule is CC(=O)OCCc1cc(C)cc(Cl)c1. The van der Waals surface area contributed by atoms with Crippen LogP contribution in [0.4, 0.5) is 0 Å². The molecule has 1 aromatic rings. The van der Waals surface area contributed by atoms with E-state index in [4.69, 9.17) is 16.3 Å². The molecule has 0 saturated heterocycles. The quantitative estimate of drug-likeness (QED) is 0.721. The Balaban J connectivity index is 2.54. The van der Waals surface area contributed by atoms with Crippen LogP contribution in [0.2, 0.25) is 5.02 Å². The van der Waals surface area contributed by atoms with Crippen molar-refractivity contribution in [2.75, 3.05) is 6.61 Å². The molecule has 0 amide bonds. The predicted octanol–water partition coefficient (Wildman–Crippen LogP) is 2.75. The van der Waals surface area contributed by atoms with E-state index in [-0.39, 0.29) is 5.97 Å². The number of hydrogen-bond donors (Lipinski definition) is 0. The third-order valence-corrected chi connectivity index (χ3v) is 2.02. The van der Waals surface area contributed by atoms with Gasteiger partial charge in [0.1, 0.15) is 0 Å². The Labute approximate surface area is 88.8 Å². The summed E-state index contributed by atoms with van der Waals surface area (Å²) in [6.45, 7) is 3.81. The van der Waals surface area contributed by atoms with Crippen LogP contribution < -0.4 is 0 Å². The zero-order chi connectivity index (χ0) is 10.6. The Morgan fingerprint density at radius 3 is 2.71 bits per heavy atom. The molecule has 76 valence electrons. The molecule has 0 N–H and O–H groups in total. The molecule has 0 fully saturated rings. The number of halogens is 1. The highest BCUT2D eigenvalue weighted by atomic mass is 35.5. The highest BCUT2D eigenvalue weighted by Gasteiger charge is 1.98. The zero-order valence-corrected chi connectivity index (χ0v) is 9.10. The highest BCUT2D eigenvalue weighted by molar-refractivity contribution is 6.30. The number of carbonyl (C=O) groups excluding carboxylic acids is 1. The normalized spacial score (nSPS) is 9.93. The van der Waals surface area contributed by atoms with E-state index in [0.29, 0.717) is 13.0 Å². The van der Waals surface area contributed by atoms with Crippen LogP contribution >= 0.6 is 11.6 Å². The van der Waals surface area contributed by atoms with E-state index in [1.165, 1.54) is 6.92 Å². The molecular weight excluding hydrogens is 200 g/mol. The van der Waals surface area contributed by atoms with Crippen LogP contribution in [0.15, 0.2) is 18.2 Å². The largest absolute Gasteiger partial charge is 0.466 e. The van der Waals surface area contributed by atoms with Gasteiger partial charge in [-0.15, -0.1) is 0 Å². The van der Waals surface area contributed by atoms with Crippen molar-refractivity contribution in [1.29, 1.82) is 0 Å². The molecule has 0 radical (unpaired) electrons. The van der Waals surface area contributed by atoms with E-state index in [2.05, 4.69) is 0 Å². The van der Waals surface area contributed by atoms with Gasteiger partial charge in [0, 0.05) is 18.4 Å². The third kappa shape index (κ3) is 3.79. The van der Waals surface area contributed by atoms with Crippen LogP contribution in [0.5, 0.6) is 0 Å². The maximum atomic E-state index is 10.5. The fourth-order valence-corrected chi connectivity index (χ4v) is 1.58. The summed E-state index contributed by atoms with van der Waals surface area (Å²) in [5.74, 6) is -0.247. The molecule has 2 nitrogen and oxygen atoms in total. The average Bonchev–Trinajstić information content (AvgIpc) is 2.01. The fourth-order valence-electron chi connectivity index (χ4n) is 1.27. The minimum atomic E-state index is -0.247. The van der Waals surface area contributed by atoms with Crippen molar-refractivity contribution in [2.24, 2.45) is 0 Å². The van der Waals surface area contributed by atoms with Crippen LogP contribution in [-0.2, 0) is 16.0 Å². The van der Waals surface area contributed by atoms with Crippen molar-refractivity contribution >= 4 is 17.6 Å². The van der Waals surface area contributed by atoms with Gasteiger partial charge in [0.2, 0.25) is 0 Å². The molecule has 3 heteroatoms. The molecule has 0 saturated carbocycles. The van der Waals surface area contributed by atoms with E-state index in [1.807, 2.05) is 25.1 Å². The van der Waals surface area contributed by atoms with Crippen molar-refractivity contribution in [2.45, 2.75) is 20.3 Å². The molecule has 0 aromatic heterocycles. The molecule has 1 aromatic carbocycles. The molecule has 0 aliphatic rings. The van der Waals surface area contributed by atoms with Crippen molar-refractivity contribution in [1.82, 2.24) is 0 Å². The van der Waals surface area contributed by atoms with Gasteiger partial charge in [0.25, 0.3) is 0 Å². The lowest BCUT2D eigenvalue weighted by Crippen LogP contribution is -2.03. The first-order chi connectivity index (χ1) is 6.58. The number of aryl methyl sites for hydroxylation is 1. The predicted molar refractivity (Wildman–Crippen MR) is 56.5 cm³/mol. The molecule has 0 atom stereocenters. The Morgan fingerprint density at radius 2 is 2.14 bits per heavy atom. The molecule has 0 aliphatic carbocycles. The van der Waals surface area contributed by atoms with Gasteiger partial charge in [-0.3, -0.25) is 4.79 Å². The molecule has 0 heterocycles. The molecule has 1 rings (SSSR count). The second kappa shape index (κ2) is 5.01. The molecule has 0 bridgehead atoms. The van der Waals surface area contributed by atoms with Crippen LogP contribution in [0.3, 0.4) is 0 Å². The summed E-state index contributed by atoms with van der Waals surface area (Å²) < 4.78 is 4.84. The Morgan fingerprint density at radius 1 is 1.43 bits per heavy atom. The molecule has 0 unspecified atom stereocenters. The monoisotopic (exact) mass is 212 g/mol. The Hall–Kier alpha value is -1.02. The van der Waals surface area contributed by atoms with Crippen LogP contribution in [0.25, 0.3) is 0 Å². The van der Waals surface area contributed by atoms with Crippen LogP contribution in [0, 0.1) is 6.92 Å². The van der Waals surface area contributed by atoms with Gasteiger partial charge in [-0.05, 0) is 30.2 Å². The topological polar surface area (TPSA) is 26.3 Å². The molecule has 0 spiro atoms. The van der Waals surface area contributed by atoms with Gasteiger partial charge in [-0.2, -0.15) is 0 Å². The van der Waals surface area contributed by atoms with E-state index < -0.39 is 0 Å². The maximum absolute atomic E-state index is 10.5. The zero-order valence-electron chi connectivity index (χ0n) is 8.34. The third-order valence-electron chi connectivity index (χ3n) is 1.80. The first-order valence-corrected chi connectivity index (χ1v) is 4.85. The Kier molecular flexibility index (Phi) is 3.96. The summed E-state index contributed by atoms with van der Waals surface area (Å²) in [7, 11) is 0. The molecule has 14 heavy (non-hydrogen) atoms. The van der Waals surface area contributed by atoms with Gasteiger partial charge in [-0.1, -0.05) is 17.7 Å². The van der Waals surface area contributed by atoms with Crippen molar-refractivity contribution < 1.29 is 9.53 Å². The lowest BCUT2D eigenvalue weighted by molar-refractivity contribution is -0.140. The van der Waals surface area contributed by atoms with Crippen molar-refractivity contribution in [3.05, 3.63) is 34.3 Å². The number of benzene rings is 1. The summed E-state index contributed by atoms with van der Waals surface area (Å²) in [5, 5.41) is 0.725. The summed E-state index contributed by atoms with van der Waals surface area (Å²) in [4.78, 5) is 10.5. The summed E-state index contributed by atoms with van der Waals surface area (Å²) >= 11 is 5.88. The highest BCUT2D eigenvalue weighted by Crippen LogP contribution is 2.14. The van der Waals surface area contributed by atoms with Gasteiger partial charge in [0.05, 0.1) is 6.61 Å². The van der Waals surface area contributed by atoms with Gasteiger partial charge in [0.15, 0.2) is 0 Å². The minimum absolute atomic E-state index is 0.247. The van der Waals surface area contributed by atoms with Gasteiger partial charge >= 0.3 is 5.97 Å². The lowest BCUT2D eigenvalue weighted by Gasteiger charge is -2.04. The Bertz CT molecular complexity index is 314. The van der Waals surface area contributed by atoms with Crippen LogP contribution in [0.1, 0.15) is 18.1 Å². The number of esters is 1. The number of rotatable bonds is 3. The number of hydrogen-bond acceptors (Lipinski definition) is 2. The van der Waals surface area contributed by atoms with Crippen molar-refractivity contribution in [3.8, 4) is 0 Å². The lowest BCUT2D eigenvalue weighted by atomic mass is 10.1. The van der Waals surface area contributed by atoms with E-state index in [1.54, 1.807) is 0 Å². The minimum Gasteiger partial charge on any atom is -0.466 e. The summed E-state index contributed by atoms with van der Waals surface area (Å²) in [5.41, 5.74) is 2.21. The van der Waals surface area contributed by atoms with Gasteiger partial charge in [-0.25, -0.2) is 0 Å². The average molecular weight is 213 g/mol. The van der Waals surface area contributed by atoms with E-state index in [9.17, 15) is 4.79 Å². The smallest absolute Gasteiger partial charge is 0.302 e. The summed E-state index contributed by atoms with van der Waals surface area (Å²) in [6.07, 6.45) is 0.709. The van der Waals surface area contributed by atoms with Gasteiger partial charge < -0.3 is 4.74 Å². The number of ether oxygens (including phenoxy) is 1. The first kappa shape index (κ1) is 11.1. The molecular formula is C11H13ClO2. The first-order valence-electron chi connectivity index (χ1n) is 4.47. The molecule has 0 aliphatic heterocycles. The van der Waals surface area contributed by atoms with E-state index >= 15 is 0 Å². The van der Waals surface area contributed by atoms with Crippen molar-refractivity contribution in [3.63, 3.8) is 0 Å². The second-order valence-electron chi connectivity index (χ2n) is 3.23. The number of carbonyl (C=O) groups is 1.